The summed E-state index contributed by atoms with van der Waals surface area (Å²) in [5.74, 6) is 1.29. The molecule has 42 heavy (non-hydrogen) atoms. The lowest BCUT2D eigenvalue weighted by atomic mass is 10.1. The first-order chi connectivity index (χ1) is 20.3. The lowest BCUT2D eigenvalue weighted by molar-refractivity contribution is 0.0507. The van der Waals surface area contributed by atoms with Crippen molar-refractivity contribution in [2.24, 2.45) is 0 Å². The molecule has 0 spiro atoms. The normalized spacial score (nSPS) is 12.8. The lowest BCUT2D eigenvalue weighted by Crippen LogP contribution is -2.66. The Labute approximate surface area is 251 Å². The summed E-state index contributed by atoms with van der Waals surface area (Å²) in [5, 5.41) is 12.8. The van der Waals surface area contributed by atoms with Gasteiger partial charge in [0, 0.05) is 0 Å². The Hall–Kier alpha value is -3.68. The van der Waals surface area contributed by atoms with E-state index in [1.54, 1.807) is 20.3 Å². The van der Waals surface area contributed by atoms with Crippen LogP contribution in [0.4, 0.5) is 0 Å². The highest BCUT2D eigenvalue weighted by Crippen LogP contribution is 2.38. The summed E-state index contributed by atoms with van der Waals surface area (Å²) in [5.41, 5.74) is 2.75. The van der Waals surface area contributed by atoms with Crippen LogP contribution in [0.5, 0.6) is 11.5 Å². The van der Waals surface area contributed by atoms with Crippen molar-refractivity contribution in [1.82, 2.24) is 0 Å². The van der Waals surface area contributed by atoms with Crippen LogP contribution in [0.1, 0.15) is 37.5 Å². The van der Waals surface area contributed by atoms with E-state index in [4.69, 9.17) is 18.6 Å². The van der Waals surface area contributed by atoms with Crippen molar-refractivity contribution in [2.75, 3.05) is 20.8 Å². The first-order valence-electron chi connectivity index (χ1n) is 14.3. The van der Waals surface area contributed by atoms with Crippen LogP contribution in [0.25, 0.3) is 6.08 Å². The number of hydrogen-bond donors (Lipinski definition) is 1. The van der Waals surface area contributed by atoms with Gasteiger partial charge in [0.15, 0.2) is 0 Å². The molecular weight excluding hydrogens is 540 g/mol. The summed E-state index contributed by atoms with van der Waals surface area (Å²) in [4.78, 5) is 0. The summed E-state index contributed by atoms with van der Waals surface area (Å²) < 4.78 is 24.4. The summed E-state index contributed by atoms with van der Waals surface area (Å²) in [6, 6.07) is 35.1. The van der Waals surface area contributed by atoms with Gasteiger partial charge in [-0.05, 0) is 44.7 Å². The quantitative estimate of drug-likeness (QED) is 0.186. The van der Waals surface area contributed by atoms with Gasteiger partial charge < -0.3 is 23.7 Å². The van der Waals surface area contributed by atoms with Gasteiger partial charge in [-0.15, -0.1) is 0 Å². The van der Waals surface area contributed by atoms with Crippen molar-refractivity contribution in [2.45, 2.75) is 45.1 Å². The second-order valence-corrected chi connectivity index (χ2v) is 15.6. The summed E-state index contributed by atoms with van der Waals surface area (Å²) in [7, 11) is 0.563. The number of ether oxygens (including phenoxy) is 3. The number of benzene rings is 4. The van der Waals surface area contributed by atoms with Gasteiger partial charge in [0.2, 0.25) is 0 Å². The molecule has 0 aliphatic rings. The van der Waals surface area contributed by atoms with Crippen LogP contribution in [0.2, 0.25) is 5.04 Å². The van der Waals surface area contributed by atoms with Crippen molar-refractivity contribution in [3.05, 3.63) is 126 Å². The zero-order chi connectivity index (χ0) is 30.0. The first-order valence-corrected chi connectivity index (χ1v) is 16.2. The van der Waals surface area contributed by atoms with E-state index in [-0.39, 0.29) is 11.6 Å². The van der Waals surface area contributed by atoms with E-state index < -0.39 is 14.4 Å². The summed E-state index contributed by atoms with van der Waals surface area (Å²) in [6.07, 6.45) is 2.74. The molecule has 4 aromatic rings. The van der Waals surface area contributed by atoms with E-state index in [0.717, 1.165) is 16.7 Å². The predicted molar refractivity (Wildman–Crippen MR) is 173 cm³/mol. The van der Waals surface area contributed by atoms with Gasteiger partial charge in [-0.25, -0.2) is 0 Å². The maximum absolute atomic E-state index is 10.5. The van der Waals surface area contributed by atoms with Gasteiger partial charge in [0.05, 0.1) is 45.7 Å². The highest BCUT2D eigenvalue weighted by molar-refractivity contribution is 6.99. The SMILES string of the molecule is COc1cc(CO[Si](c2ccccc2)(c2ccccc2)C(C)(C)C)cc(OC)c1/C=C/[C@@H](O)COCc1ccccc1. The van der Waals surface area contributed by atoms with Crippen LogP contribution >= 0.6 is 0 Å². The van der Waals surface area contributed by atoms with Crippen LogP contribution in [0, 0.1) is 0 Å². The highest BCUT2D eigenvalue weighted by atomic mass is 28.4. The molecule has 0 aliphatic carbocycles. The first kappa shape index (κ1) is 31.3. The van der Waals surface area contributed by atoms with Gasteiger partial charge in [-0.1, -0.05) is 118 Å². The third-order valence-corrected chi connectivity index (χ3v) is 12.3. The molecule has 5 nitrogen and oxygen atoms in total. The molecule has 4 rings (SSSR count). The minimum atomic E-state index is -2.71. The molecule has 0 saturated heterocycles. The molecule has 0 radical (unpaired) electrons. The van der Waals surface area contributed by atoms with Crippen LogP contribution in [0.15, 0.2) is 109 Å². The zero-order valence-electron chi connectivity index (χ0n) is 25.2. The van der Waals surface area contributed by atoms with Gasteiger partial charge in [-0.3, -0.25) is 0 Å². The van der Waals surface area contributed by atoms with E-state index in [2.05, 4.69) is 69.3 Å². The van der Waals surface area contributed by atoms with Crippen LogP contribution in [-0.4, -0.2) is 40.4 Å². The van der Waals surface area contributed by atoms with Gasteiger partial charge in [-0.2, -0.15) is 0 Å². The third-order valence-electron chi connectivity index (χ3n) is 7.36. The molecule has 0 fully saturated rings. The van der Waals surface area contributed by atoms with Crippen LogP contribution in [-0.2, 0) is 22.4 Å². The minimum absolute atomic E-state index is 0.134. The number of aliphatic hydroxyl groups excluding tert-OH is 1. The number of rotatable bonds is 13. The number of hydrogen-bond acceptors (Lipinski definition) is 5. The second kappa shape index (κ2) is 14.5. The fourth-order valence-corrected chi connectivity index (χ4v) is 9.87. The van der Waals surface area contributed by atoms with Crippen molar-refractivity contribution in [3.63, 3.8) is 0 Å². The second-order valence-electron chi connectivity index (χ2n) is 11.3. The Morgan fingerprint density at radius 3 is 1.69 bits per heavy atom. The van der Waals surface area contributed by atoms with E-state index in [9.17, 15) is 5.11 Å². The zero-order valence-corrected chi connectivity index (χ0v) is 26.2. The molecule has 1 atom stereocenters. The molecule has 220 valence electrons. The Morgan fingerprint density at radius 2 is 1.21 bits per heavy atom. The van der Waals surface area contributed by atoms with Gasteiger partial charge in [0.25, 0.3) is 8.32 Å². The minimum Gasteiger partial charge on any atom is -0.496 e. The van der Waals surface area contributed by atoms with E-state index in [0.29, 0.717) is 24.7 Å². The van der Waals surface area contributed by atoms with E-state index in [1.165, 1.54) is 10.4 Å². The number of methoxy groups -OCH3 is 2. The Balaban J connectivity index is 1.58. The molecule has 1 N–H and O–H groups in total. The molecule has 0 unspecified atom stereocenters. The van der Waals surface area contributed by atoms with Crippen molar-refractivity contribution < 1.29 is 23.7 Å². The standard InChI is InChI=1S/C36H42O5Si/c1-36(2,3)42(31-17-11-7-12-18-31,32-19-13-8-14-20-32)41-26-29-23-34(38-4)33(35(24-29)39-5)22-21-30(37)27-40-25-28-15-9-6-10-16-28/h6-24,30,37H,25-27H2,1-5H3/b22-21+/t30-/m1/s1. The van der Waals surface area contributed by atoms with Crippen molar-refractivity contribution in [1.29, 1.82) is 0 Å². The molecule has 0 amide bonds. The molecule has 0 aromatic heterocycles. The average molecular weight is 583 g/mol. The average Bonchev–Trinajstić information content (AvgIpc) is 3.01. The Morgan fingerprint density at radius 1 is 0.714 bits per heavy atom. The lowest BCUT2D eigenvalue weighted by Gasteiger charge is -2.43. The molecule has 6 heteroatoms. The largest absolute Gasteiger partial charge is 0.496 e. The molecule has 0 heterocycles. The van der Waals surface area contributed by atoms with E-state index in [1.807, 2.05) is 60.7 Å². The number of aliphatic hydroxyl groups is 1. The third kappa shape index (κ3) is 7.39. The summed E-state index contributed by atoms with van der Waals surface area (Å²) >= 11 is 0. The van der Waals surface area contributed by atoms with Gasteiger partial charge >= 0.3 is 0 Å². The fourth-order valence-electron chi connectivity index (χ4n) is 5.33. The maximum Gasteiger partial charge on any atom is 0.261 e. The summed E-state index contributed by atoms with van der Waals surface area (Å²) in [6.45, 7) is 7.81. The smallest absolute Gasteiger partial charge is 0.261 e. The van der Waals surface area contributed by atoms with Crippen LogP contribution in [0.3, 0.4) is 0 Å². The van der Waals surface area contributed by atoms with Crippen LogP contribution < -0.4 is 19.8 Å². The Kier molecular flexibility index (Phi) is 10.8. The van der Waals surface area contributed by atoms with Crippen molar-refractivity contribution >= 4 is 24.8 Å². The van der Waals surface area contributed by atoms with Crippen molar-refractivity contribution in [3.8, 4) is 11.5 Å². The topological polar surface area (TPSA) is 57.2 Å². The molecule has 0 bridgehead atoms. The maximum atomic E-state index is 10.5. The molecule has 0 saturated carbocycles. The van der Waals surface area contributed by atoms with Gasteiger partial charge in [0.1, 0.15) is 11.5 Å². The predicted octanol–water partition coefficient (Wildman–Crippen LogP) is 6.37. The molecule has 4 aromatic carbocycles. The molecule has 0 aliphatic heterocycles. The molecular formula is C36H42O5Si. The Bertz CT molecular complexity index is 1350. The fraction of sp³-hybridized carbons (Fsp3) is 0.278. The monoisotopic (exact) mass is 582 g/mol. The highest BCUT2D eigenvalue weighted by Gasteiger charge is 2.50. The van der Waals surface area contributed by atoms with E-state index >= 15 is 0 Å².